The Morgan fingerprint density at radius 3 is 2.97 bits per heavy atom. The molecule has 0 aliphatic carbocycles. The van der Waals surface area contributed by atoms with Crippen LogP contribution in [-0.2, 0) is 17.6 Å². The molecular weight excluding hydrogens is 385 g/mol. The number of carbonyl (C=O) groups excluding carboxylic acids is 1. The Hall–Kier alpha value is -3.22. The summed E-state index contributed by atoms with van der Waals surface area (Å²) in [6, 6.07) is 14.0. The molecule has 0 bridgehead atoms. The fourth-order valence-electron chi connectivity index (χ4n) is 3.62. The van der Waals surface area contributed by atoms with E-state index in [9.17, 15) is 9.18 Å². The van der Waals surface area contributed by atoms with Gasteiger partial charge in [-0.15, -0.1) is 0 Å². The van der Waals surface area contributed by atoms with Crippen molar-refractivity contribution in [2.45, 2.75) is 32.1 Å². The number of hydrogen-bond acceptors (Lipinski definition) is 5. The lowest BCUT2D eigenvalue weighted by atomic mass is 10.1. The number of rotatable bonds is 7. The smallest absolute Gasteiger partial charge is 0.231 e. The summed E-state index contributed by atoms with van der Waals surface area (Å²) < 4.78 is 24.5. The van der Waals surface area contributed by atoms with Crippen molar-refractivity contribution < 1.29 is 18.4 Å². The molecule has 30 heavy (non-hydrogen) atoms. The van der Waals surface area contributed by atoms with Gasteiger partial charge in [0.25, 0.3) is 0 Å². The molecule has 1 amide bonds. The van der Waals surface area contributed by atoms with Crippen LogP contribution in [0.5, 0.6) is 5.75 Å². The Morgan fingerprint density at radius 1 is 1.27 bits per heavy atom. The first kappa shape index (κ1) is 20.1. The molecule has 4 rings (SSSR count). The molecule has 6 nitrogen and oxygen atoms in total. The van der Waals surface area contributed by atoms with E-state index in [1.54, 1.807) is 17.0 Å². The summed E-state index contributed by atoms with van der Waals surface area (Å²) in [6.07, 6.45) is 1.51. The van der Waals surface area contributed by atoms with E-state index in [1.807, 2.05) is 31.2 Å². The van der Waals surface area contributed by atoms with E-state index in [1.165, 1.54) is 12.1 Å². The van der Waals surface area contributed by atoms with Gasteiger partial charge >= 0.3 is 0 Å². The normalized spacial score (nSPS) is 16.1. The van der Waals surface area contributed by atoms with E-state index in [4.69, 9.17) is 9.26 Å². The molecule has 1 aliphatic rings. The van der Waals surface area contributed by atoms with Crippen molar-refractivity contribution in [2.24, 2.45) is 0 Å². The number of aryl methyl sites for hydroxylation is 1. The maximum Gasteiger partial charge on any atom is 0.231 e. The summed E-state index contributed by atoms with van der Waals surface area (Å²) in [5, 5.41) is 4.05. The summed E-state index contributed by atoms with van der Waals surface area (Å²) in [5.41, 5.74) is 1.82. The number of likely N-dealkylation sites (tertiary alicyclic amines) is 1. The zero-order chi connectivity index (χ0) is 20.9. The Balaban J connectivity index is 1.27. The fourth-order valence-corrected chi connectivity index (χ4v) is 3.62. The van der Waals surface area contributed by atoms with Crippen LogP contribution in [0, 0.1) is 12.7 Å². The number of ether oxygens (including phenoxy) is 1. The molecule has 1 aliphatic heterocycles. The zero-order valence-corrected chi connectivity index (χ0v) is 16.9. The summed E-state index contributed by atoms with van der Waals surface area (Å²) in [4.78, 5) is 18.8. The number of amides is 1. The van der Waals surface area contributed by atoms with Gasteiger partial charge in [0, 0.05) is 19.5 Å². The first-order valence-electron chi connectivity index (χ1n) is 10.1. The minimum Gasteiger partial charge on any atom is -0.493 e. The third-order valence-electron chi connectivity index (χ3n) is 5.20. The topological polar surface area (TPSA) is 68.5 Å². The van der Waals surface area contributed by atoms with Gasteiger partial charge in [0.15, 0.2) is 5.82 Å². The van der Waals surface area contributed by atoms with Gasteiger partial charge in [-0.3, -0.25) is 4.79 Å². The molecule has 156 valence electrons. The van der Waals surface area contributed by atoms with Crippen molar-refractivity contribution in [1.29, 1.82) is 0 Å². The molecule has 0 spiro atoms. The third-order valence-corrected chi connectivity index (χ3v) is 5.20. The molecule has 1 unspecified atom stereocenters. The molecule has 2 heterocycles. The third kappa shape index (κ3) is 5.03. The number of carbonyl (C=O) groups is 1. The molecular formula is C23H24FN3O3. The highest BCUT2D eigenvalue weighted by molar-refractivity contribution is 5.79. The van der Waals surface area contributed by atoms with Crippen molar-refractivity contribution in [1.82, 2.24) is 15.0 Å². The highest BCUT2D eigenvalue weighted by Crippen LogP contribution is 2.26. The van der Waals surface area contributed by atoms with Crippen LogP contribution in [0.15, 0.2) is 53.1 Å². The monoisotopic (exact) mass is 409 g/mol. The molecule has 1 aromatic heterocycles. The highest BCUT2D eigenvalue weighted by Gasteiger charge is 2.31. The Bertz CT molecular complexity index is 1020. The van der Waals surface area contributed by atoms with Gasteiger partial charge in [0.05, 0.1) is 18.9 Å². The molecule has 1 atom stereocenters. The predicted molar refractivity (Wildman–Crippen MR) is 109 cm³/mol. The van der Waals surface area contributed by atoms with Gasteiger partial charge in [0.1, 0.15) is 11.6 Å². The number of nitrogens with zero attached hydrogens (tertiary/aromatic N) is 3. The van der Waals surface area contributed by atoms with Crippen LogP contribution < -0.4 is 4.74 Å². The second kappa shape index (κ2) is 9.07. The van der Waals surface area contributed by atoms with Crippen LogP contribution in [0.2, 0.25) is 0 Å². The Kier molecular flexibility index (Phi) is 6.07. The van der Waals surface area contributed by atoms with Crippen molar-refractivity contribution in [2.75, 3.05) is 19.7 Å². The van der Waals surface area contributed by atoms with E-state index in [-0.39, 0.29) is 24.1 Å². The number of hydrogen-bond donors (Lipinski definition) is 0. The number of benzene rings is 2. The van der Waals surface area contributed by atoms with Gasteiger partial charge in [-0.2, -0.15) is 4.98 Å². The summed E-state index contributed by atoms with van der Waals surface area (Å²) in [7, 11) is 0. The highest BCUT2D eigenvalue weighted by atomic mass is 19.1. The minimum absolute atomic E-state index is 0.0191. The standard InChI is InChI=1S/C23H24FN3O3/c1-16-4-2-7-20(12-16)29-11-9-21-25-23(30-26-21)18-8-10-27(15-18)22(28)14-17-5-3-6-19(24)13-17/h2-7,12-13,18H,8-11,14-15H2,1H3. The van der Waals surface area contributed by atoms with Gasteiger partial charge in [-0.05, 0) is 48.7 Å². The van der Waals surface area contributed by atoms with Crippen LogP contribution >= 0.6 is 0 Å². The van der Waals surface area contributed by atoms with Crippen LogP contribution in [-0.4, -0.2) is 40.6 Å². The average molecular weight is 409 g/mol. The quantitative estimate of drug-likeness (QED) is 0.595. The molecule has 3 aromatic rings. The first-order chi connectivity index (χ1) is 14.6. The van der Waals surface area contributed by atoms with E-state index >= 15 is 0 Å². The Morgan fingerprint density at radius 2 is 2.13 bits per heavy atom. The van der Waals surface area contributed by atoms with Crippen LogP contribution in [0.4, 0.5) is 4.39 Å². The molecule has 0 radical (unpaired) electrons. The van der Waals surface area contributed by atoms with Crippen LogP contribution in [0.1, 0.15) is 35.2 Å². The summed E-state index contributed by atoms with van der Waals surface area (Å²) >= 11 is 0. The SMILES string of the molecule is Cc1cccc(OCCc2noc(C3CCN(C(=O)Cc4cccc(F)c4)C3)n2)c1. The summed E-state index contributed by atoms with van der Waals surface area (Å²) in [6.45, 7) is 3.65. The maximum atomic E-state index is 13.3. The second-order valence-corrected chi connectivity index (χ2v) is 7.60. The largest absolute Gasteiger partial charge is 0.493 e. The fraction of sp³-hybridized carbons (Fsp3) is 0.348. The molecule has 0 N–H and O–H groups in total. The minimum atomic E-state index is -0.329. The van der Waals surface area contributed by atoms with Gasteiger partial charge < -0.3 is 14.2 Å². The van der Waals surface area contributed by atoms with E-state index in [2.05, 4.69) is 10.1 Å². The average Bonchev–Trinajstić information content (AvgIpc) is 3.38. The Labute approximate surface area is 174 Å². The lowest BCUT2D eigenvalue weighted by molar-refractivity contribution is -0.129. The van der Waals surface area contributed by atoms with Gasteiger partial charge in [0.2, 0.25) is 11.8 Å². The maximum absolute atomic E-state index is 13.3. The molecule has 0 saturated carbocycles. The molecule has 2 aromatic carbocycles. The number of halogens is 1. The van der Waals surface area contributed by atoms with Crippen molar-refractivity contribution in [3.63, 3.8) is 0 Å². The van der Waals surface area contributed by atoms with Gasteiger partial charge in [-0.1, -0.05) is 29.4 Å². The predicted octanol–water partition coefficient (Wildman–Crippen LogP) is 3.70. The van der Waals surface area contributed by atoms with Crippen LogP contribution in [0.25, 0.3) is 0 Å². The number of aromatic nitrogens is 2. The van der Waals surface area contributed by atoms with E-state index < -0.39 is 0 Å². The molecule has 1 fully saturated rings. The van der Waals surface area contributed by atoms with Crippen molar-refractivity contribution >= 4 is 5.91 Å². The summed E-state index contributed by atoms with van der Waals surface area (Å²) in [5.74, 6) is 1.66. The lowest BCUT2D eigenvalue weighted by Crippen LogP contribution is -2.29. The van der Waals surface area contributed by atoms with E-state index in [0.29, 0.717) is 43.4 Å². The molecule has 7 heteroatoms. The van der Waals surface area contributed by atoms with Crippen molar-refractivity contribution in [3.8, 4) is 5.75 Å². The van der Waals surface area contributed by atoms with Gasteiger partial charge in [-0.25, -0.2) is 4.39 Å². The zero-order valence-electron chi connectivity index (χ0n) is 16.9. The lowest BCUT2D eigenvalue weighted by Gasteiger charge is -2.15. The van der Waals surface area contributed by atoms with Crippen molar-refractivity contribution in [3.05, 3.63) is 77.2 Å². The van der Waals surface area contributed by atoms with Crippen LogP contribution in [0.3, 0.4) is 0 Å². The molecule has 1 saturated heterocycles. The van der Waals surface area contributed by atoms with E-state index in [0.717, 1.165) is 17.7 Å². The second-order valence-electron chi connectivity index (χ2n) is 7.60. The first-order valence-corrected chi connectivity index (χ1v) is 10.1.